The molecule has 16 heavy (non-hydrogen) atoms. The van der Waals surface area contributed by atoms with Crippen molar-refractivity contribution >= 4 is 18.1 Å². The fourth-order valence-corrected chi connectivity index (χ4v) is 1.61. The van der Waals surface area contributed by atoms with Crippen molar-refractivity contribution in [3.8, 4) is 0 Å². The highest BCUT2D eigenvalue weighted by Gasteiger charge is 2.39. The van der Waals surface area contributed by atoms with Crippen molar-refractivity contribution in [2.24, 2.45) is 10.4 Å². The van der Waals surface area contributed by atoms with E-state index < -0.39 is 0 Å². The Balaban J connectivity index is 2.24. The molecule has 0 N–H and O–H groups in total. The number of amides is 1. The zero-order valence-electron chi connectivity index (χ0n) is 9.89. The first-order valence-corrected chi connectivity index (χ1v) is 5.19. The molecular weight excluding hydrogens is 206 g/mol. The van der Waals surface area contributed by atoms with Crippen LogP contribution in [0.25, 0.3) is 0 Å². The van der Waals surface area contributed by atoms with Crippen LogP contribution in [-0.2, 0) is 4.79 Å². The van der Waals surface area contributed by atoms with Crippen LogP contribution < -0.4 is 4.90 Å². The summed E-state index contributed by atoms with van der Waals surface area (Å²) in [4.78, 5) is 17.7. The van der Waals surface area contributed by atoms with E-state index in [4.69, 9.17) is 4.52 Å². The van der Waals surface area contributed by atoms with Crippen LogP contribution in [0.2, 0.25) is 0 Å². The summed E-state index contributed by atoms with van der Waals surface area (Å²) in [6.07, 6.45) is 1.51. The van der Waals surface area contributed by atoms with Gasteiger partial charge in [-0.2, -0.15) is 0 Å². The van der Waals surface area contributed by atoms with E-state index in [2.05, 4.69) is 10.1 Å². The molecule has 1 atom stereocenters. The van der Waals surface area contributed by atoms with E-state index in [0.29, 0.717) is 5.88 Å². The van der Waals surface area contributed by atoms with Crippen LogP contribution in [0, 0.1) is 12.3 Å². The van der Waals surface area contributed by atoms with E-state index in [-0.39, 0.29) is 17.4 Å². The Morgan fingerprint density at radius 1 is 1.44 bits per heavy atom. The monoisotopic (exact) mass is 221 g/mol. The lowest BCUT2D eigenvalue weighted by molar-refractivity contribution is -0.120. The van der Waals surface area contributed by atoms with Crippen molar-refractivity contribution in [2.45, 2.75) is 33.7 Å². The molecule has 0 saturated heterocycles. The zero-order valence-corrected chi connectivity index (χ0v) is 9.89. The van der Waals surface area contributed by atoms with Crippen LogP contribution in [-0.4, -0.2) is 23.4 Å². The van der Waals surface area contributed by atoms with Crippen molar-refractivity contribution in [3.63, 3.8) is 0 Å². The number of aliphatic imine (C=N–C) groups is 1. The maximum Gasteiger partial charge on any atom is 0.260 e. The lowest BCUT2D eigenvalue weighted by atomic mass is 9.87. The Bertz CT molecular complexity index is 442. The largest absolute Gasteiger partial charge is 0.338 e. The van der Waals surface area contributed by atoms with Gasteiger partial charge in [-0.1, -0.05) is 25.9 Å². The highest BCUT2D eigenvalue weighted by Crippen LogP contribution is 2.29. The van der Waals surface area contributed by atoms with Gasteiger partial charge in [0.2, 0.25) is 5.88 Å². The van der Waals surface area contributed by atoms with Crippen LogP contribution in [0.1, 0.15) is 26.5 Å². The molecule has 0 fully saturated rings. The molecule has 5 heteroatoms. The van der Waals surface area contributed by atoms with Crippen LogP contribution in [0.4, 0.5) is 5.88 Å². The number of hydrogen-bond donors (Lipinski definition) is 0. The minimum Gasteiger partial charge on any atom is -0.338 e. The summed E-state index contributed by atoms with van der Waals surface area (Å²) >= 11 is 0. The minimum atomic E-state index is -0.349. The first-order valence-electron chi connectivity index (χ1n) is 5.19. The first kappa shape index (κ1) is 10.9. The normalized spacial score (nSPS) is 20.9. The summed E-state index contributed by atoms with van der Waals surface area (Å²) in [5.74, 6) is 0.363. The van der Waals surface area contributed by atoms with Crippen molar-refractivity contribution in [1.82, 2.24) is 5.16 Å². The lowest BCUT2D eigenvalue weighted by Crippen LogP contribution is -2.37. The number of aromatic nitrogens is 1. The van der Waals surface area contributed by atoms with Crippen LogP contribution in [0.5, 0.6) is 0 Å². The van der Waals surface area contributed by atoms with E-state index in [1.54, 1.807) is 6.07 Å². The molecule has 1 aliphatic rings. The highest BCUT2D eigenvalue weighted by molar-refractivity contribution is 6.14. The van der Waals surface area contributed by atoms with Crippen LogP contribution in [0.15, 0.2) is 15.6 Å². The van der Waals surface area contributed by atoms with E-state index in [1.807, 2.05) is 27.7 Å². The number of carbonyl (C=O) groups excluding carboxylic acids is 1. The van der Waals surface area contributed by atoms with Gasteiger partial charge in [-0.05, 0) is 12.3 Å². The van der Waals surface area contributed by atoms with E-state index in [1.165, 1.54) is 11.2 Å². The number of hydrogen-bond acceptors (Lipinski definition) is 4. The molecule has 0 aliphatic carbocycles. The SMILES string of the molecule is Cc1cc(N2C=NC(C(C)(C)C)C2=O)on1. The lowest BCUT2D eigenvalue weighted by Gasteiger charge is -2.23. The molecule has 1 aromatic heterocycles. The van der Waals surface area contributed by atoms with E-state index in [0.717, 1.165) is 5.69 Å². The summed E-state index contributed by atoms with van der Waals surface area (Å²) in [7, 11) is 0. The molecule has 0 radical (unpaired) electrons. The summed E-state index contributed by atoms with van der Waals surface area (Å²) in [6, 6.07) is 1.37. The van der Waals surface area contributed by atoms with Crippen molar-refractivity contribution in [2.75, 3.05) is 4.90 Å². The Morgan fingerprint density at radius 2 is 2.12 bits per heavy atom. The fourth-order valence-electron chi connectivity index (χ4n) is 1.61. The van der Waals surface area contributed by atoms with Crippen LogP contribution >= 0.6 is 0 Å². The third-order valence-electron chi connectivity index (χ3n) is 2.48. The highest BCUT2D eigenvalue weighted by atomic mass is 16.5. The Hall–Kier alpha value is -1.65. The van der Waals surface area contributed by atoms with Crippen molar-refractivity contribution < 1.29 is 9.32 Å². The average Bonchev–Trinajstić information content (AvgIpc) is 2.70. The number of anilines is 1. The topological polar surface area (TPSA) is 58.7 Å². The molecule has 86 valence electrons. The molecule has 0 bridgehead atoms. The van der Waals surface area contributed by atoms with Gasteiger partial charge in [0, 0.05) is 6.07 Å². The Labute approximate surface area is 94.1 Å². The van der Waals surface area contributed by atoms with Gasteiger partial charge in [-0.3, -0.25) is 9.79 Å². The Kier molecular flexibility index (Phi) is 2.33. The second kappa shape index (κ2) is 3.43. The molecule has 1 unspecified atom stereocenters. The minimum absolute atomic E-state index is 0.0661. The van der Waals surface area contributed by atoms with Gasteiger partial charge >= 0.3 is 0 Å². The predicted molar refractivity (Wildman–Crippen MR) is 60.5 cm³/mol. The molecule has 0 saturated carbocycles. The third-order valence-corrected chi connectivity index (χ3v) is 2.48. The van der Waals surface area contributed by atoms with Crippen LogP contribution in [0.3, 0.4) is 0 Å². The third kappa shape index (κ3) is 1.73. The van der Waals surface area contributed by atoms with Gasteiger partial charge in [0.05, 0.1) is 5.69 Å². The standard InChI is InChI=1S/C11H15N3O2/c1-7-5-8(16-13-7)14-6-12-9(10(14)15)11(2,3)4/h5-6,9H,1-4H3. The smallest absolute Gasteiger partial charge is 0.260 e. The van der Waals surface area contributed by atoms with E-state index in [9.17, 15) is 4.79 Å². The predicted octanol–water partition coefficient (Wildman–Crippen LogP) is 1.77. The maximum absolute atomic E-state index is 12.1. The quantitative estimate of drug-likeness (QED) is 0.726. The molecule has 1 aliphatic heterocycles. The maximum atomic E-state index is 12.1. The second-order valence-corrected chi connectivity index (χ2v) is 5.05. The van der Waals surface area contributed by atoms with Gasteiger partial charge in [0.25, 0.3) is 5.91 Å². The number of aryl methyl sites for hydroxylation is 1. The van der Waals surface area contributed by atoms with Gasteiger partial charge in [-0.15, -0.1) is 0 Å². The molecule has 0 spiro atoms. The van der Waals surface area contributed by atoms with Gasteiger partial charge < -0.3 is 4.52 Å². The number of rotatable bonds is 1. The molecule has 2 heterocycles. The second-order valence-electron chi connectivity index (χ2n) is 5.05. The number of carbonyl (C=O) groups is 1. The molecular formula is C11H15N3O2. The summed E-state index contributed by atoms with van der Waals surface area (Å²) < 4.78 is 5.04. The zero-order chi connectivity index (χ0) is 11.9. The molecule has 1 amide bonds. The summed E-state index contributed by atoms with van der Waals surface area (Å²) in [5, 5.41) is 3.75. The van der Waals surface area contributed by atoms with Gasteiger partial charge in [0.1, 0.15) is 12.4 Å². The summed E-state index contributed by atoms with van der Waals surface area (Å²) in [5.41, 5.74) is 0.563. The molecule has 0 aromatic carbocycles. The van der Waals surface area contributed by atoms with Gasteiger partial charge in [-0.25, -0.2) is 4.90 Å². The summed E-state index contributed by atoms with van der Waals surface area (Å²) in [6.45, 7) is 7.78. The molecule has 2 rings (SSSR count). The van der Waals surface area contributed by atoms with Gasteiger partial charge in [0.15, 0.2) is 0 Å². The molecule has 5 nitrogen and oxygen atoms in total. The van der Waals surface area contributed by atoms with E-state index >= 15 is 0 Å². The average molecular weight is 221 g/mol. The fraction of sp³-hybridized carbons (Fsp3) is 0.545. The Morgan fingerprint density at radius 3 is 2.56 bits per heavy atom. The number of nitrogens with zero attached hydrogens (tertiary/aromatic N) is 3. The van der Waals surface area contributed by atoms with Crippen molar-refractivity contribution in [3.05, 3.63) is 11.8 Å². The van der Waals surface area contributed by atoms with Crippen molar-refractivity contribution in [1.29, 1.82) is 0 Å². The molecule has 1 aromatic rings. The first-order chi connectivity index (χ1) is 7.39.